The highest BCUT2D eigenvalue weighted by Crippen LogP contribution is 2.28. The Morgan fingerprint density at radius 2 is 1.69 bits per heavy atom. The third-order valence-corrected chi connectivity index (χ3v) is 2.77. The van der Waals surface area contributed by atoms with Gasteiger partial charge < -0.3 is 10.8 Å². The lowest BCUT2D eigenvalue weighted by molar-refractivity contribution is 0.221. The van der Waals surface area contributed by atoms with E-state index in [1.54, 1.807) is 0 Å². The van der Waals surface area contributed by atoms with E-state index in [1.807, 2.05) is 55.5 Å². The highest BCUT2D eigenvalue weighted by Gasteiger charge is 2.13. The van der Waals surface area contributed by atoms with E-state index in [-0.39, 0.29) is 0 Å². The molecule has 0 radical (unpaired) electrons. The summed E-state index contributed by atoms with van der Waals surface area (Å²) in [4.78, 5) is 0. The molecule has 2 nitrogen and oxygen atoms in total. The molecule has 3 N–H and O–H groups in total. The number of hydrogen-bond acceptors (Lipinski definition) is 2. The van der Waals surface area contributed by atoms with Crippen molar-refractivity contribution in [2.24, 2.45) is 0 Å². The number of aryl methyl sites for hydroxylation is 1. The van der Waals surface area contributed by atoms with E-state index < -0.39 is 6.10 Å². The maximum atomic E-state index is 10.2. The quantitative estimate of drug-likeness (QED) is 0.753. The predicted octanol–water partition coefficient (Wildman–Crippen LogP) is 2.66. The zero-order valence-corrected chi connectivity index (χ0v) is 9.22. The molecule has 1 unspecified atom stereocenters. The van der Waals surface area contributed by atoms with E-state index in [2.05, 4.69) is 0 Å². The predicted molar refractivity (Wildman–Crippen MR) is 66.1 cm³/mol. The minimum atomic E-state index is -0.652. The van der Waals surface area contributed by atoms with Crippen LogP contribution in [-0.4, -0.2) is 5.11 Å². The number of rotatable bonds is 2. The summed E-state index contributed by atoms with van der Waals surface area (Å²) < 4.78 is 0. The molecule has 0 aliphatic heterocycles. The molecule has 0 aromatic heterocycles. The monoisotopic (exact) mass is 213 g/mol. The molecule has 1 atom stereocenters. The Kier molecular flexibility index (Phi) is 2.93. The Morgan fingerprint density at radius 3 is 2.38 bits per heavy atom. The summed E-state index contributed by atoms with van der Waals surface area (Å²) in [6, 6.07) is 15.2. The summed E-state index contributed by atoms with van der Waals surface area (Å²) in [7, 11) is 0. The number of aliphatic hydroxyl groups excluding tert-OH is 1. The summed E-state index contributed by atoms with van der Waals surface area (Å²) in [6.07, 6.45) is -0.652. The largest absolute Gasteiger partial charge is 0.398 e. The Hall–Kier alpha value is -1.80. The number of aliphatic hydroxyl groups is 1. The van der Waals surface area contributed by atoms with Crippen molar-refractivity contribution in [1.29, 1.82) is 0 Å². The van der Waals surface area contributed by atoms with Crippen molar-refractivity contribution in [2.75, 3.05) is 5.73 Å². The van der Waals surface area contributed by atoms with E-state index in [4.69, 9.17) is 5.73 Å². The van der Waals surface area contributed by atoms with Gasteiger partial charge in [0.25, 0.3) is 0 Å². The second-order valence-electron chi connectivity index (χ2n) is 3.89. The molecule has 2 aromatic carbocycles. The maximum absolute atomic E-state index is 10.2. The van der Waals surface area contributed by atoms with E-state index in [9.17, 15) is 5.11 Å². The normalized spacial score (nSPS) is 12.4. The van der Waals surface area contributed by atoms with Gasteiger partial charge in [-0.25, -0.2) is 0 Å². The lowest BCUT2D eigenvalue weighted by Crippen LogP contribution is -2.04. The molecule has 0 saturated carbocycles. The van der Waals surface area contributed by atoms with Crippen LogP contribution in [-0.2, 0) is 0 Å². The molecule has 0 aliphatic rings. The molecule has 0 saturated heterocycles. The summed E-state index contributed by atoms with van der Waals surface area (Å²) in [5, 5.41) is 10.2. The van der Waals surface area contributed by atoms with Gasteiger partial charge in [0.2, 0.25) is 0 Å². The minimum absolute atomic E-state index is 0.652. The average molecular weight is 213 g/mol. The second-order valence-corrected chi connectivity index (χ2v) is 3.89. The summed E-state index contributed by atoms with van der Waals surface area (Å²) in [6.45, 7) is 1.94. The van der Waals surface area contributed by atoms with Crippen LogP contribution in [0, 0.1) is 6.92 Å². The van der Waals surface area contributed by atoms with Crippen LogP contribution >= 0.6 is 0 Å². The van der Waals surface area contributed by atoms with Gasteiger partial charge in [0.15, 0.2) is 0 Å². The lowest BCUT2D eigenvalue weighted by Gasteiger charge is -2.15. The maximum Gasteiger partial charge on any atom is 0.106 e. The molecule has 0 heterocycles. The number of nitrogens with two attached hydrogens (primary N) is 1. The topological polar surface area (TPSA) is 46.2 Å². The molecule has 2 heteroatoms. The fourth-order valence-electron chi connectivity index (χ4n) is 1.76. The highest BCUT2D eigenvalue weighted by molar-refractivity contribution is 5.55. The van der Waals surface area contributed by atoms with Crippen LogP contribution in [0.5, 0.6) is 0 Å². The van der Waals surface area contributed by atoms with Crippen molar-refractivity contribution >= 4 is 5.69 Å². The van der Waals surface area contributed by atoms with E-state index in [0.29, 0.717) is 5.69 Å². The van der Waals surface area contributed by atoms with Crippen LogP contribution < -0.4 is 5.73 Å². The van der Waals surface area contributed by atoms with Gasteiger partial charge in [-0.05, 0) is 18.1 Å². The molecule has 0 aliphatic carbocycles. The smallest absolute Gasteiger partial charge is 0.106 e. The van der Waals surface area contributed by atoms with E-state index >= 15 is 0 Å². The van der Waals surface area contributed by atoms with Crippen molar-refractivity contribution in [3.8, 4) is 0 Å². The summed E-state index contributed by atoms with van der Waals surface area (Å²) >= 11 is 0. The van der Waals surface area contributed by atoms with Gasteiger partial charge >= 0.3 is 0 Å². The molecule has 0 bridgehead atoms. The van der Waals surface area contributed by atoms with Crippen LogP contribution in [0.1, 0.15) is 22.8 Å². The van der Waals surface area contributed by atoms with Crippen molar-refractivity contribution in [1.82, 2.24) is 0 Å². The van der Waals surface area contributed by atoms with Crippen molar-refractivity contribution in [3.05, 3.63) is 65.2 Å². The van der Waals surface area contributed by atoms with Crippen LogP contribution in [0.4, 0.5) is 5.69 Å². The molecule has 0 amide bonds. The van der Waals surface area contributed by atoms with Gasteiger partial charge in [0.05, 0.1) is 0 Å². The molecular weight excluding hydrogens is 198 g/mol. The molecule has 2 rings (SSSR count). The van der Waals surface area contributed by atoms with Gasteiger partial charge in [0.1, 0.15) is 6.10 Å². The van der Waals surface area contributed by atoms with Crippen LogP contribution in [0.25, 0.3) is 0 Å². The first-order valence-electron chi connectivity index (χ1n) is 5.28. The molecule has 82 valence electrons. The van der Waals surface area contributed by atoms with Gasteiger partial charge in [0, 0.05) is 11.3 Å². The molecular formula is C14H15NO. The van der Waals surface area contributed by atoms with Gasteiger partial charge in [-0.2, -0.15) is 0 Å². The number of para-hydroxylation sites is 1. The van der Waals surface area contributed by atoms with Gasteiger partial charge in [-0.15, -0.1) is 0 Å². The Balaban J connectivity index is 2.42. The van der Waals surface area contributed by atoms with E-state index in [0.717, 1.165) is 16.7 Å². The molecule has 0 spiro atoms. The fraction of sp³-hybridized carbons (Fsp3) is 0.143. The number of benzene rings is 2. The first-order chi connectivity index (χ1) is 7.70. The number of nitrogen functional groups attached to an aromatic ring is 1. The zero-order chi connectivity index (χ0) is 11.5. The van der Waals surface area contributed by atoms with Gasteiger partial charge in [-0.1, -0.05) is 48.5 Å². The third kappa shape index (κ3) is 1.92. The highest BCUT2D eigenvalue weighted by atomic mass is 16.3. The molecule has 2 aromatic rings. The minimum Gasteiger partial charge on any atom is -0.398 e. The van der Waals surface area contributed by atoms with Crippen LogP contribution in [0.2, 0.25) is 0 Å². The number of hydrogen-bond donors (Lipinski definition) is 2. The summed E-state index contributed by atoms with van der Waals surface area (Å²) in [5.41, 5.74) is 9.25. The van der Waals surface area contributed by atoms with Crippen LogP contribution in [0.3, 0.4) is 0 Å². The molecule has 0 fully saturated rings. The van der Waals surface area contributed by atoms with Crippen molar-refractivity contribution in [3.63, 3.8) is 0 Å². The fourth-order valence-corrected chi connectivity index (χ4v) is 1.76. The SMILES string of the molecule is Cc1cccc(C(O)c2ccccc2)c1N. The van der Waals surface area contributed by atoms with E-state index in [1.165, 1.54) is 0 Å². The Bertz CT molecular complexity index is 479. The second kappa shape index (κ2) is 4.37. The first-order valence-corrected chi connectivity index (χ1v) is 5.28. The molecule has 16 heavy (non-hydrogen) atoms. The lowest BCUT2D eigenvalue weighted by atomic mass is 9.98. The zero-order valence-electron chi connectivity index (χ0n) is 9.22. The Labute approximate surface area is 95.4 Å². The van der Waals surface area contributed by atoms with Crippen molar-refractivity contribution in [2.45, 2.75) is 13.0 Å². The van der Waals surface area contributed by atoms with Crippen molar-refractivity contribution < 1.29 is 5.11 Å². The van der Waals surface area contributed by atoms with Crippen LogP contribution in [0.15, 0.2) is 48.5 Å². The van der Waals surface area contributed by atoms with Gasteiger partial charge in [-0.3, -0.25) is 0 Å². The Morgan fingerprint density at radius 1 is 1.00 bits per heavy atom. The average Bonchev–Trinajstić information content (AvgIpc) is 2.33. The summed E-state index contributed by atoms with van der Waals surface area (Å²) in [5.74, 6) is 0. The third-order valence-electron chi connectivity index (χ3n) is 2.77. The number of anilines is 1. The first kappa shape index (κ1) is 10.7. The standard InChI is InChI=1S/C14H15NO/c1-10-6-5-9-12(13(10)15)14(16)11-7-3-2-4-8-11/h2-9,14,16H,15H2,1H3.